The zero-order valence-electron chi connectivity index (χ0n) is 11.6. The minimum atomic E-state index is -0.699. The standard InChI is InChI=1S/C15H25NO3/c17-15(18)9-14-10-19-7-6-16(14)13-3-1-2-12(8-13)11-4-5-11/h11-14H,1-10H2,(H,17,18). The highest BCUT2D eigenvalue weighted by atomic mass is 16.5. The molecule has 3 unspecified atom stereocenters. The number of nitrogens with zero attached hydrogens (tertiary/aromatic N) is 1. The summed E-state index contributed by atoms with van der Waals surface area (Å²) in [7, 11) is 0. The molecule has 2 aliphatic carbocycles. The molecule has 2 saturated carbocycles. The monoisotopic (exact) mass is 267 g/mol. The van der Waals surface area contributed by atoms with Crippen molar-refractivity contribution in [2.75, 3.05) is 19.8 Å². The van der Waals surface area contributed by atoms with Crippen LogP contribution >= 0.6 is 0 Å². The Bertz CT molecular complexity index is 329. The molecule has 0 aromatic rings. The molecule has 0 bridgehead atoms. The highest BCUT2D eigenvalue weighted by molar-refractivity contribution is 5.67. The van der Waals surface area contributed by atoms with Gasteiger partial charge in [-0.1, -0.05) is 12.8 Å². The van der Waals surface area contributed by atoms with Gasteiger partial charge in [0.25, 0.3) is 0 Å². The fourth-order valence-corrected chi connectivity index (χ4v) is 4.02. The van der Waals surface area contributed by atoms with Gasteiger partial charge in [-0.15, -0.1) is 0 Å². The molecule has 1 N–H and O–H groups in total. The summed E-state index contributed by atoms with van der Waals surface area (Å²) >= 11 is 0. The van der Waals surface area contributed by atoms with Gasteiger partial charge in [0.2, 0.25) is 0 Å². The summed E-state index contributed by atoms with van der Waals surface area (Å²) in [6, 6.07) is 0.696. The van der Waals surface area contributed by atoms with Crippen LogP contribution in [0, 0.1) is 11.8 Å². The molecule has 3 fully saturated rings. The van der Waals surface area contributed by atoms with E-state index in [1.165, 1.54) is 38.5 Å². The first-order valence-corrected chi connectivity index (χ1v) is 7.79. The molecule has 0 aromatic carbocycles. The van der Waals surface area contributed by atoms with Crippen LogP contribution in [-0.2, 0) is 9.53 Å². The maximum atomic E-state index is 11.0. The summed E-state index contributed by atoms with van der Waals surface area (Å²) in [5.74, 6) is 1.20. The number of ether oxygens (including phenoxy) is 1. The highest BCUT2D eigenvalue weighted by Crippen LogP contribution is 2.45. The highest BCUT2D eigenvalue weighted by Gasteiger charge is 2.38. The van der Waals surface area contributed by atoms with Gasteiger partial charge in [-0.05, 0) is 37.5 Å². The zero-order chi connectivity index (χ0) is 13.2. The number of carbonyl (C=O) groups is 1. The summed E-state index contributed by atoms with van der Waals surface area (Å²) in [5, 5.41) is 9.05. The Morgan fingerprint density at radius 2 is 2.05 bits per heavy atom. The molecule has 3 rings (SSSR count). The Kier molecular flexibility index (Phi) is 4.08. The van der Waals surface area contributed by atoms with Crippen LogP contribution in [0.4, 0.5) is 0 Å². The van der Waals surface area contributed by atoms with Crippen molar-refractivity contribution in [3.8, 4) is 0 Å². The first-order valence-electron chi connectivity index (χ1n) is 7.79. The van der Waals surface area contributed by atoms with Crippen LogP contribution in [0.1, 0.15) is 44.9 Å². The molecule has 0 spiro atoms. The Labute approximate surface area is 115 Å². The summed E-state index contributed by atoms with van der Waals surface area (Å²) < 4.78 is 5.49. The van der Waals surface area contributed by atoms with Crippen molar-refractivity contribution in [3.05, 3.63) is 0 Å². The van der Waals surface area contributed by atoms with Gasteiger partial charge in [0.05, 0.1) is 19.6 Å². The number of rotatable bonds is 4. The van der Waals surface area contributed by atoms with E-state index in [9.17, 15) is 4.79 Å². The van der Waals surface area contributed by atoms with Crippen LogP contribution in [0.3, 0.4) is 0 Å². The molecule has 19 heavy (non-hydrogen) atoms. The van der Waals surface area contributed by atoms with E-state index in [0.717, 1.165) is 25.0 Å². The van der Waals surface area contributed by atoms with Crippen LogP contribution in [0.15, 0.2) is 0 Å². The van der Waals surface area contributed by atoms with Crippen molar-refractivity contribution in [2.45, 2.75) is 57.0 Å². The summed E-state index contributed by atoms with van der Waals surface area (Å²) in [6.07, 6.45) is 8.35. The Hall–Kier alpha value is -0.610. The third kappa shape index (κ3) is 3.29. The number of morpholine rings is 1. The third-order valence-corrected chi connectivity index (χ3v) is 5.13. The number of carboxylic acid groups (broad SMARTS) is 1. The largest absolute Gasteiger partial charge is 0.481 e. The minimum absolute atomic E-state index is 0.0919. The van der Waals surface area contributed by atoms with Gasteiger partial charge >= 0.3 is 5.97 Å². The fraction of sp³-hybridized carbons (Fsp3) is 0.933. The van der Waals surface area contributed by atoms with E-state index in [0.29, 0.717) is 12.6 Å². The molecular formula is C15H25NO3. The predicted octanol–water partition coefficient (Wildman–Crippen LogP) is 2.13. The summed E-state index contributed by atoms with van der Waals surface area (Å²) in [5.41, 5.74) is 0. The van der Waals surface area contributed by atoms with Gasteiger partial charge in [0.15, 0.2) is 0 Å². The van der Waals surface area contributed by atoms with Gasteiger partial charge in [-0.25, -0.2) is 0 Å². The fourth-order valence-electron chi connectivity index (χ4n) is 4.02. The Balaban J connectivity index is 1.62. The van der Waals surface area contributed by atoms with Crippen LogP contribution in [0.5, 0.6) is 0 Å². The Morgan fingerprint density at radius 3 is 2.79 bits per heavy atom. The van der Waals surface area contributed by atoms with Crippen molar-refractivity contribution >= 4 is 5.97 Å². The van der Waals surface area contributed by atoms with E-state index in [4.69, 9.17) is 9.84 Å². The molecule has 1 saturated heterocycles. The molecule has 3 atom stereocenters. The second-order valence-corrected chi connectivity index (χ2v) is 6.48. The average molecular weight is 267 g/mol. The lowest BCUT2D eigenvalue weighted by atomic mass is 9.81. The van der Waals surface area contributed by atoms with E-state index < -0.39 is 5.97 Å². The van der Waals surface area contributed by atoms with E-state index in [2.05, 4.69) is 4.90 Å². The number of hydrogen-bond acceptors (Lipinski definition) is 3. The van der Waals surface area contributed by atoms with Gasteiger partial charge in [0.1, 0.15) is 0 Å². The lowest BCUT2D eigenvalue weighted by Gasteiger charge is -2.44. The molecule has 0 amide bonds. The smallest absolute Gasteiger partial charge is 0.305 e. The van der Waals surface area contributed by atoms with E-state index in [1.54, 1.807) is 0 Å². The minimum Gasteiger partial charge on any atom is -0.481 e. The molecule has 4 heteroatoms. The van der Waals surface area contributed by atoms with Gasteiger partial charge in [0, 0.05) is 18.6 Å². The third-order valence-electron chi connectivity index (χ3n) is 5.13. The van der Waals surface area contributed by atoms with Gasteiger partial charge in [-0.2, -0.15) is 0 Å². The lowest BCUT2D eigenvalue weighted by molar-refractivity contribution is -0.141. The first kappa shape index (κ1) is 13.4. The second-order valence-electron chi connectivity index (χ2n) is 6.48. The van der Waals surface area contributed by atoms with Crippen LogP contribution < -0.4 is 0 Å². The molecule has 1 heterocycles. The average Bonchev–Trinajstić information content (AvgIpc) is 3.23. The topological polar surface area (TPSA) is 49.8 Å². The molecule has 1 aliphatic heterocycles. The number of aliphatic carboxylic acids is 1. The molecular weight excluding hydrogens is 242 g/mol. The maximum absolute atomic E-state index is 11.0. The zero-order valence-corrected chi connectivity index (χ0v) is 11.6. The maximum Gasteiger partial charge on any atom is 0.305 e. The first-order chi connectivity index (χ1) is 9.24. The number of carboxylic acids is 1. The normalized spacial score (nSPS) is 37.2. The van der Waals surface area contributed by atoms with Crippen molar-refractivity contribution in [1.82, 2.24) is 4.90 Å². The molecule has 0 aromatic heterocycles. The molecule has 4 nitrogen and oxygen atoms in total. The van der Waals surface area contributed by atoms with E-state index in [-0.39, 0.29) is 12.5 Å². The van der Waals surface area contributed by atoms with Crippen molar-refractivity contribution in [2.24, 2.45) is 11.8 Å². The SMILES string of the molecule is O=C(O)CC1COCCN1C1CCCC(C2CC2)C1. The predicted molar refractivity (Wildman–Crippen MR) is 72.0 cm³/mol. The van der Waals surface area contributed by atoms with E-state index in [1.807, 2.05) is 0 Å². The van der Waals surface area contributed by atoms with Crippen molar-refractivity contribution in [1.29, 1.82) is 0 Å². The Morgan fingerprint density at radius 1 is 1.21 bits per heavy atom. The van der Waals surface area contributed by atoms with E-state index >= 15 is 0 Å². The molecule has 3 aliphatic rings. The van der Waals surface area contributed by atoms with Gasteiger partial charge < -0.3 is 9.84 Å². The van der Waals surface area contributed by atoms with Crippen LogP contribution in [-0.4, -0.2) is 47.8 Å². The quantitative estimate of drug-likeness (QED) is 0.847. The lowest BCUT2D eigenvalue weighted by Crippen LogP contribution is -2.52. The summed E-state index contributed by atoms with van der Waals surface area (Å²) in [6.45, 7) is 2.28. The number of hydrogen-bond donors (Lipinski definition) is 1. The van der Waals surface area contributed by atoms with Crippen molar-refractivity contribution in [3.63, 3.8) is 0 Å². The van der Waals surface area contributed by atoms with Gasteiger partial charge in [-0.3, -0.25) is 9.69 Å². The molecule has 108 valence electrons. The van der Waals surface area contributed by atoms with Crippen LogP contribution in [0.25, 0.3) is 0 Å². The van der Waals surface area contributed by atoms with Crippen LogP contribution in [0.2, 0.25) is 0 Å². The summed E-state index contributed by atoms with van der Waals surface area (Å²) in [4.78, 5) is 13.4. The molecule has 0 radical (unpaired) electrons. The van der Waals surface area contributed by atoms with Crippen molar-refractivity contribution < 1.29 is 14.6 Å². The second kappa shape index (κ2) is 5.80.